The zero-order chi connectivity index (χ0) is 20.1. The highest BCUT2D eigenvalue weighted by molar-refractivity contribution is 9.11. The second kappa shape index (κ2) is 9.15. The number of carbonyl (C=O) groups excluding carboxylic acids is 1. The Hall–Kier alpha value is -1.78. The fourth-order valence-corrected chi connectivity index (χ4v) is 5.72. The van der Waals surface area contributed by atoms with Crippen molar-refractivity contribution in [2.45, 2.75) is 16.7 Å². The fraction of sp³-hybridized carbons (Fsp3) is 0.111. The van der Waals surface area contributed by atoms with Crippen molar-refractivity contribution in [1.29, 1.82) is 0 Å². The zero-order valence-corrected chi connectivity index (χ0v) is 18.3. The van der Waals surface area contributed by atoms with Gasteiger partial charge in [0.25, 0.3) is 10.0 Å². The Morgan fingerprint density at radius 1 is 1.14 bits per heavy atom. The van der Waals surface area contributed by atoms with Gasteiger partial charge in [-0.25, -0.2) is 13.4 Å². The van der Waals surface area contributed by atoms with E-state index < -0.39 is 22.0 Å². The van der Waals surface area contributed by atoms with E-state index in [1.54, 1.807) is 18.2 Å². The van der Waals surface area contributed by atoms with E-state index in [1.807, 2.05) is 30.3 Å². The molecule has 0 unspecified atom stereocenters. The third-order valence-electron chi connectivity index (χ3n) is 3.69. The minimum absolute atomic E-state index is 0.120. The summed E-state index contributed by atoms with van der Waals surface area (Å²) < 4.78 is 28.7. The maximum atomic E-state index is 12.8. The number of pyridine rings is 1. The maximum Gasteiger partial charge on any atom is 0.250 e. The number of anilines is 1. The van der Waals surface area contributed by atoms with E-state index in [0.29, 0.717) is 8.81 Å². The molecule has 2 N–H and O–H groups in total. The Labute approximate surface area is 180 Å². The second-order valence-corrected chi connectivity index (χ2v) is 10.6. The molecular weight excluding hydrogens is 486 g/mol. The van der Waals surface area contributed by atoms with Crippen molar-refractivity contribution in [2.24, 2.45) is 0 Å². The summed E-state index contributed by atoms with van der Waals surface area (Å²) >= 11 is 10.1. The van der Waals surface area contributed by atoms with Gasteiger partial charge < -0.3 is 5.32 Å². The molecule has 0 fully saturated rings. The predicted octanol–water partition coefficient (Wildman–Crippen LogP) is 4.09. The van der Waals surface area contributed by atoms with Gasteiger partial charge in [0.05, 0.1) is 8.81 Å². The Bertz CT molecular complexity index is 1060. The Morgan fingerprint density at radius 3 is 2.50 bits per heavy atom. The largest absolute Gasteiger partial charge is 0.309 e. The van der Waals surface area contributed by atoms with Crippen molar-refractivity contribution in [1.82, 2.24) is 9.71 Å². The van der Waals surface area contributed by atoms with Crippen LogP contribution in [0.15, 0.2) is 68.8 Å². The van der Waals surface area contributed by atoms with Crippen LogP contribution < -0.4 is 10.0 Å². The summed E-state index contributed by atoms with van der Waals surface area (Å²) in [6, 6.07) is 14.4. The number of nitrogens with zero attached hydrogens (tertiary/aromatic N) is 1. The quantitative estimate of drug-likeness (QED) is 0.511. The van der Waals surface area contributed by atoms with E-state index >= 15 is 0 Å². The Kier molecular flexibility index (Phi) is 6.84. The number of amides is 1. The van der Waals surface area contributed by atoms with E-state index in [-0.39, 0.29) is 16.4 Å². The van der Waals surface area contributed by atoms with Gasteiger partial charge in [0.15, 0.2) is 0 Å². The molecule has 3 rings (SSSR count). The summed E-state index contributed by atoms with van der Waals surface area (Å²) in [5.74, 6) is -0.233. The molecule has 2 aromatic heterocycles. The molecule has 0 saturated carbocycles. The number of hydrogen-bond donors (Lipinski definition) is 2. The van der Waals surface area contributed by atoms with Crippen LogP contribution in [0.1, 0.15) is 5.56 Å². The smallest absolute Gasteiger partial charge is 0.250 e. The van der Waals surface area contributed by atoms with Crippen LogP contribution in [-0.4, -0.2) is 25.4 Å². The first-order valence-corrected chi connectivity index (χ1v) is 11.5. The average molecular weight is 501 g/mol. The van der Waals surface area contributed by atoms with Gasteiger partial charge in [-0.15, -0.1) is 11.3 Å². The molecule has 0 bridgehead atoms. The van der Waals surface area contributed by atoms with Crippen LogP contribution in [0.2, 0.25) is 5.02 Å². The number of benzene rings is 1. The molecule has 3 aromatic rings. The summed E-state index contributed by atoms with van der Waals surface area (Å²) in [6.45, 7) is 0. The minimum Gasteiger partial charge on any atom is -0.309 e. The van der Waals surface area contributed by atoms with Crippen LogP contribution in [0.5, 0.6) is 0 Å². The van der Waals surface area contributed by atoms with E-state index in [1.165, 1.54) is 12.3 Å². The highest BCUT2D eigenvalue weighted by Crippen LogP contribution is 2.26. The molecular formula is C18H15BrClN3O3S2. The summed E-state index contributed by atoms with van der Waals surface area (Å²) in [4.78, 5) is 16.8. The number of hydrogen-bond acceptors (Lipinski definition) is 5. The van der Waals surface area contributed by atoms with Gasteiger partial charge in [-0.05, 0) is 52.2 Å². The summed E-state index contributed by atoms with van der Waals surface area (Å²) in [5, 5.41) is 3.06. The number of carbonyl (C=O) groups is 1. The highest BCUT2D eigenvalue weighted by Gasteiger charge is 2.27. The lowest BCUT2D eigenvalue weighted by Crippen LogP contribution is -2.45. The predicted molar refractivity (Wildman–Crippen MR) is 114 cm³/mol. The second-order valence-electron chi connectivity index (χ2n) is 5.77. The van der Waals surface area contributed by atoms with Crippen LogP contribution in [0.25, 0.3) is 0 Å². The van der Waals surface area contributed by atoms with Crippen LogP contribution in [0.3, 0.4) is 0 Å². The molecule has 0 aliphatic carbocycles. The van der Waals surface area contributed by atoms with Gasteiger partial charge in [0.2, 0.25) is 5.91 Å². The molecule has 146 valence electrons. The van der Waals surface area contributed by atoms with Crippen molar-refractivity contribution >= 4 is 60.6 Å². The van der Waals surface area contributed by atoms with Gasteiger partial charge in [-0.1, -0.05) is 41.9 Å². The van der Waals surface area contributed by atoms with Crippen molar-refractivity contribution in [2.75, 3.05) is 5.32 Å². The third kappa shape index (κ3) is 5.62. The van der Waals surface area contributed by atoms with Gasteiger partial charge >= 0.3 is 0 Å². The number of sulfonamides is 1. The lowest BCUT2D eigenvalue weighted by Gasteiger charge is -2.18. The molecule has 1 amide bonds. The highest BCUT2D eigenvalue weighted by atomic mass is 79.9. The number of thiophene rings is 1. The van der Waals surface area contributed by atoms with Gasteiger partial charge in [0, 0.05) is 6.20 Å². The maximum absolute atomic E-state index is 12.8. The molecule has 10 heteroatoms. The first kappa shape index (κ1) is 20.9. The summed E-state index contributed by atoms with van der Waals surface area (Å²) in [7, 11) is -3.87. The van der Waals surface area contributed by atoms with Gasteiger partial charge in [0.1, 0.15) is 16.1 Å². The fourth-order valence-electron chi connectivity index (χ4n) is 2.39. The SMILES string of the molecule is O=C(Nc1ccc(Cl)cn1)[C@H](Cc1ccccc1)NS(=O)(=O)c1ccc(Br)s1. The normalized spacial score (nSPS) is 12.5. The zero-order valence-electron chi connectivity index (χ0n) is 14.3. The molecule has 1 atom stereocenters. The number of nitrogens with one attached hydrogen (secondary N) is 2. The van der Waals surface area contributed by atoms with E-state index in [0.717, 1.165) is 16.9 Å². The van der Waals surface area contributed by atoms with Gasteiger partial charge in [-0.3, -0.25) is 4.79 Å². The Balaban J connectivity index is 1.83. The third-order valence-corrected chi connectivity index (χ3v) is 7.50. The van der Waals surface area contributed by atoms with Crippen molar-refractivity contribution in [3.63, 3.8) is 0 Å². The minimum atomic E-state index is -3.87. The Morgan fingerprint density at radius 2 is 1.89 bits per heavy atom. The molecule has 2 heterocycles. The van der Waals surface area contributed by atoms with Crippen LogP contribution in [0, 0.1) is 0 Å². The van der Waals surface area contributed by atoms with Crippen LogP contribution in [0.4, 0.5) is 5.82 Å². The molecule has 0 radical (unpaired) electrons. The van der Waals surface area contributed by atoms with E-state index in [2.05, 4.69) is 31.0 Å². The summed E-state index contributed by atoms with van der Waals surface area (Å²) in [5.41, 5.74) is 0.821. The molecule has 0 spiro atoms. The lowest BCUT2D eigenvalue weighted by molar-refractivity contribution is -0.117. The first-order chi connectivity index (χ1) is 13.3. The van der Waals surface area contributed by atoms with Crippen LogP contribution >= 0.6 is 38.9 Å². The molecule has 6 nitrogen and oxygen atoms in total. The van der Waals surface area contributed by atoms with E-state index in [4.69, 9.17) is 11.6 Å². The first-order valence-electron chi connectivity index (χ1n) is 8.07. The molecule has 0 aliphatic heterocycles. The topological polar surface area (TPSA) is 88.2 Å². The van der Waals surface area contributed by atoms with Gasteiger partial charge in [-0.2, -0.15) is 4.72 Å². The number of aromatic nitrogens is 1. The molecule has 28 heavy (non-hydrogen) atoms. The van der Waals surface area contributed by atoms with Crippen molar-refractivity contribution in [3.05, 3.63) is 75.2 Å². The summed E-state index contributed by atoms with van der Waals surface area (Å²) in [6.07, 6.45) is 1.59. The average Bonchev–Trinajstić information content (AvgIpc) is 3.11. The molecule has 0 aliphatic rings. The molecule has 0 saturated heterocycles. The molecule has 1 aromatic carbocycles. The van der Waals surface area contributed by atoms with Crippen LogP contribution in [-0.2, 0) is 21.2 Å². The standard InChI is InChI=1S/C18H15BrClN3O3S2/c19-15-7-9-17(27-15)28(25,26)23-14(10-12-4-2-1-3-5-12)18(24)22-16-8-6-13(20)11-21-16/h1-9,11,14,23H,10H2,(H,21,22,24)/t14-/m0/s1. The van der Waals surface area contributed by atoms with Crippen molar-refractivity contribution in [3.8, 4) is 0 Å². The number of rotatable bonds is 7. The monoisotopic (exact) mass is 499 g/mol. The lowest BCUT2D eigenvalue weighted by atomic mass is 10.1. The van der Waals surface area contributed by atoms with E-state index in [9.17, 15) is 13.2 Å². The number of halogens is 2. The van der Waals surface area contributed by atoms with Crippen molar-refractivity contribution < 1.29 is 13.2 Å².